The molecule has 1 aliphatic carbocycles. The molecule has 2 N–H and O–H groups in total. The summed E-state index contributed by atoms with van der Waals surface area (Å²) in [5.74, 6) is 2.29. The van der Waals surface area contributed by atoms with Crippen molar-refractivity contribution in [3.05, 3.63) is 23.8 Å². The molecule has 4 heteroatoms. The second-order valence-corrected chi connectivity index (χ2v) is 7.14. The zero-order valence-corrected chi connectivity index (χ0v) is 14.0. The average molecular weight is 310 g/mol. The van der Waals surface area contributed by atoms with E-state index in [1.54, 1.807) is 11.8 Å². The lowest BCUT2D eigenvalue weighted by Crippen LogP contribution is -2.29. The largest absolute Gasteiger partial charge is 0.490 e. The number of rotatable bonds is 4. The van der Waals surface area contributed by atoms with Crippen LogP contribution in [0.5, 0.6) is 5.75 Å². The quantitative estimate of drug-likeness (QED) is 0.666. The Kier molecular flexibility index (Phi) is 5.33. The van der Waals surface area contributed by atoms with Crippen LogP contribution in [0.4, 0.5) is 0 Å². The van der Waals surface area contributed by atoms with Crippen molar-refractivity contribution in [1.82, 2.24) is 0 Å². The molecular weight excluding hydrogens is 286 g/mol. The fraction of sp³-hybridized carbons (Fsp3) is 0.562. The van der Waals surface area contributed by atoms with Gasteiger partial charge in [0.15, 0.2) is 0 Å². The minimum atomic E-state index is 0.277. The lowest BCUT2D eigenvalue weighted by atomic mass is 9.82. The molecule has 2 atom stereocenters. The van der Waals surface area contributed by atoms with Gasteiger partial charge in [0.1, 0.15) is 10.7 Å². The molecule has 0 amide bonds. The number of thioether (sulfide) groups is 1. The van der Waals surface area contributed by atoms with Crippen LogP contribution >= 0.6 is 24.0 Å². The van der Waals surface area contributed by atoms with Crippen LogP contribution in [0.3, 0.4) is 0 Å². The van der Waals surface area contributed by atoms with Crippen LogP contribution in [-0.2, 0) is 0 Å². The third-order valence-corrected chi connectivity index (χ3v) is 4.87. The van der Waals surface area contributed by atoms with Crippen molar-refractivity contribution in [3.8, 4) is 5.75 Å². The molecule has 0 aliphatic heterocycles. The Morgan fingerprint density at radius 3 is 2.45 bits per heavy atom. The molecular formula is C16H23NOS2. The van der Waals surface area contributed by atoms with Gasteiger partial charge in [0, 0.05) is 4.90 Å². The van der Waals surface area contributed by atoms with Crippen molar-refractivity contribution < 1.29 is 4.74 Å². The monoisotopic (exact) mass is 309 g/mol. The molecule has 0 heterocycles. The predicted octanol–water partition coefficient (Wildman–Crippen LogP) is 4.25. The van der Waals surface area contributed by atoms with Crippen LogP contribution in [0, 0.1) is 11.8 Å². The molecule has 1 fully saturated rings. The normalized spacial score (nSPS) is 26.2. The van der Waals surface area contributed by atoms with Crippen LogP contribution in [0.25, 0.3) is 0 Å². The van der Waals surface area contributed by atoms with Gasteiger partial charge in [-0.15, -0.1) is 11.8 Å². The highest BCUT2D eigenvalue weighted by atomic mass is 32.2. The van der Waals surface area contributed by atoms with E-state index in [2.05, 4.69) is 13.8 Å². The summed E-state index contributed by atoms with van der Waals surface area (Å²) in [6.07, 6.45) is 5.84. The van der Waals surface area contributed by atoms with Crippen LogP contribution < -0.4 is 10.5 Å². The van der Waals surface area contributed by atoms with Gasteiger partial charge in [-0.05, 0) is 49.5 Å². The van der Waals surface area contributed by atoms with Crippen molar-refractivity contribution in [2.75, 3.05) is 6.26 Å². The highest BCUT2D eigenvalue weighted by Gasteiger charge is 2.26. The van der Waals surface area contributed by atoms with Gasteiger partial charge in [0.2, 0.25) is 0 Å². The first kappa shape index (κ1) is 15.6. The molecule has 1 aromatic rings. The Balaban J connectivity index is 2.22. The number of hydrogen-bond donors (Lipinski definition) is 1. The van der Waals surface area contributed by atoms with Crippen LogP contribution in [0.1, 0.15) is 38.7 Å². The lowest BCUT2D eigenvalue weighted by Gasteiger charge is -2.32. The van der Waals surface area contributed by atoms with E-state index in [0.29, 0.717) is 4.99 Å². The molecule has 0 bridgehead atoms. The van der Waals surface area contributed by atoms with Crippen molar-refractivity contribution in [2.24, 2.45) is 17.6 Å². The van der Waals surface area contributed by atoms with E-state index in [1.165, 1.54) is 6.42 Å². The van der Waals surface area contributed by atoms with E-state index >= 15 is 0 Å². The third kappa shape index (κ3) is 3.67. The predicted molar refractivity (Wildman–Crippen MR) is 90.7 cm³/mol. The molecule has 2 nitrogen and oxygen atoms in total. The molecule has 0 spiro atoms. The topological polar surface area (TPSA) is 35.2 Å². The van der Waals surface area contributed by atoms with Crippen molar-refractivity contribution in [2.45, 2.75) is 44.1 Å². The third-order valence-electron chi connectivity index (χ3n) is 3.88. The summed E-state index contributed by atoms with van der Waals surface area (Å²) in [4.78, 5) is 1.51. The molecule has 0 aromatic heterocycles. The highest BCUT2D eigenvalue weighted by Crippen LogP contribution is 2.34. The van der Waals surface area contributed by atoms with Gasteiger partial charge in [-0.25, -0.2) is 0 Å². The van der Waals surface area contributed by atoms with Gasteiger partial charge in [0.25, 0.3) is 0 Å². The van der Waals surface area contributed by atoms with Crippen LogP contribution in [0.15, 0.2) is 23.1 Å². The summed E-state index contributed by atoms with van der Waals surface area (Å²) in [6.45, 7) is 4.61. The fourth-order valence-electron chi connectivity index (χ4n) is 3.17. The van der Waals surface area contributed by atoms with Gasteiger partial charge in [-0.3, -0.25) is 0 Å². The van der Waals surface area contributed by atoms with Crippen LogP contribution in [-0.4, -0.2) is 17.3 Å². The van der Waals surface area contributed by atoms with Crippen molar-refractivity contribution >= 4 is 29.0 Å². The van der Waals surface area contributed by atoms with E-state index in [-0.39, 0.29) is 6.10 Å². The first-order valence-electron chi connectivity index (χ1n) is 7.14. The minimum absolute atomic E-state index is 0.277. The Hall–Kier alpha value is -0.740. The molecule has 2 rings (SSSR count). The van der Waals surface area contributed by atoms with Gasteiger partial charge < -0.3 is 10.5 Å². The van der Waals surface area contributed by atoms with E-state index in [9.17, 15) is 0 Å². The molecule has 1 saturated carbocycles. The second kappa shape index (κ2) is 6.81. The smallest absolute Gasteiger partial charge is 0.131 e. The maximum atomic E-state index is 6.25. The first-order valence-corrected chi connectivity index (χ1v) is 8.78. The van der Waals surface area contributed by atoms with E-state index in [0.717, 1.165) is 40.9 Å². The summed E-state index contributed by atoms with van der Waals surface area (Å²) in [5, 5.41) is 0. The SMILES string of the molecule is CSc1cccc(OC2CC(C)CC(C)C2)c1C(N)=S. The Labute approximate surface area is 131 Å². The Morgan fingerprint density at radius 1 is 1.25 bits per heavy atom. The summed E-state index contributed by atoms with van der Waals surface area (Å²) < 4.78 is 6.25. The molecule has 20 heavy (non-hydrogen) atoms. The maximum absolute atomic E-state index is 6.25. The number of benzene rings is 1. The Morgan fingerprint density at radius 2 is 1.90 bits per heavy atom. The highest BCUT2D eigenvalue weighted by molar-refractivity contribution is 7.98. The summed E-state index contributed by atoms with van der Waals surface area (Å²) >= 11 is 6.86. The summed E-state index contributed by atoms with van der Waals surface area (Å²) in [6, 6.07) is 6.04. The van der Waals surface area contributed by atoms with Gasteiger partial charge in [-0.1, -0.05) is 32.1 Å². The number of hydrogen-bond acceptors (Lipinski definition) is 3. The van der Waals surface area contributed by atoms with Crippen molar-refractivity contribution in [1.29, 1.82) is 0 Å². The van der Waals surface area contributed by atoms with E-state index in [1.807, 2.05) is 24.5 Å². The average Bonchev–Trinajstić information content (AvgIpc) is 2.36. The van der Waals surface area contributed by atoms with Gasteiger partial charge in [0.05, 0.1) is 11.7 Å². The van der Waals surface area contributed by atoms with E-state index in [4.69, 9.17) is 22.7 Å². The van der Waals surface area contributed by atoms with Gasteiger partial charge in [-0.2, -0.15) is 0 Å². The second-order valence-electron chi connectivity index (χ2n) is 5.85. The molecule has 2 unspecified atom stereocenters. The molecule has 0 saturated heterocycles. The van der Waals surface area contributed by atoms with Gasteiger partial charge >= 0.3 is 0 Å². The maximum Gasteiger partial charge on any atom is 0.131 e. The number of ether oxygens (including phenoxy) is 1. The number of nitrogens with two attached hydrogens (primary N) is 1. The van der Waals surface area contributed by atoms with E-state index < -0.39 is 0 Å². The molecule has 0 radical (unpaired) electrons. The summed E-state index contributed by atoms with van der Waals surface area (Å²) in [5.41, 5.74) is 6.78. The standard InChI is InChI=1S/C16H23NOS2/c1-10-7-11(2)9-12(8-10)18-13-5-4-6-14(20-3)15(13)16(17)19/h4-6,10-12H,7-9H2,1-3H3,(H2,17,19). The molecule has 1 aromatic carbocycles. The van der Waals surface area contributed by atoms with Crippen molar-refractivity contribution in [3.63, 3.8) is 0 Å². The summed E-state index contributed by atoms with van der Waals surface area (Å²) in [7, 11) is 0. The molecule has 110 valence electrons. The Bertz CT molecular complexity index is 479. The number of thiocarbonyl (C=S) groups is 1. The zero-order chi connectivity index (χ0) is 14.7. The van der Waals surface area contributed by atoms with Crippen LogP contribution in [0.2, 0.25) is 0 Å². The molecule has 1 aliphatic rings. The first-order chi connectivity index (χ1) is 9.51. The minimum Gasteiger partial charge on any atom is -0.490 e. The zero-order valence-electron chi connectivity index (χ0n) is 12.4. The lowest BCUT2D eigenvalue weighted by molar-refractivity contribution is 0.101. The fourth-order valence-corrected chi connectivity index (χ4v) is 4.08.